The van der Waals surface area contributed by atoms with Crippen LogP contribution < -0.4 is 16.4 Å². The van der Waals surface area contributed by atoms with Gasteiger partial charge in [-0.05, 0) is 25.7 Å². The molecule has 17 heavy (non-hydrogen) atoms. The number of carbonyl (C=O) groups is 1. The molecule has 0 radical (unpaired) electrons. The van der Waals surface area contributed by atoms with Gasteiger partial charge in [-0.3, -0.25) is 4.79 Å². The Kier molecular flexibility index (Phi) is 12.5. The van der Waals surface area contributed by atoms with Crippen molar-refractivity contribution >= 4 is 5.91 Å². The number of nitrogens with one attached hydrogen (secondary N) is 2. The molecule has 0 bridgehead atoms. The Morgan fingerprint density at radius 1 is 1.18 bits per heavy atom. The molecule has 0 saturated heterocycles. The van der Waals surface area contributed by atoms with E-state index in [1.54, 1.807) is 0 Å². The lowest BCUT2D eigenvalue weighted by Crippen LogP contribution is -2.33. The fourth-order valence-electron chi connectivity index (χ4n) is 1.44. The van der Waals surface area contributed by atoms with Crippen LogP contribution in [0.2, 0.25) is 0 Å². The Morgan fingerprint density at radius 2 is 2.00 bits per heavy atom. The molecular formula is C13H27N3O. The average molecular weight is 241 g/mol. The number of hydrogen-bond donors (Lipinski definition) is 3. The van der Waals surface area contributed by atoms with Crippen molar-refractivity contribution in [1.82, 2.24) is 10.6 Å². The normalized spacial score (nSPS) is 10.9. The maximum absolute atomic E-state index is 11.4. The van der Waals surface area contributed by atoms with Crippen molar-refractivity contribution in [2.45, 2.75) is 39.0 Å². The Balaban J connectivity index is 3.20. The third kappa shape index (κ3) is 13.1. The van der Waals surface area contributed by atoms with Crippen molar-refractivity contribution < 1.29 is 4.79 Å². The number of carbonyl (C=O) groups excluding carboxylic acids is 1. The minimum absolute atomic E-state index is 0.152. The molecule has 4 nitrogen and oxygen atoms in total. The van der Waals surface area contributed by atoms with Crippen LogP contribution in [0.3, 0.4) is 0 Å². The van der Waals surface area contributed by atoms with Gasteiger partial charge in [-0.2, -0.15) is 0 Å². The summed E-state index contributed by atoms with van der Waals surface area (Å²) in [6.07, 6.45) is 9.23. The summed E-state index contributed by atoms with van der Waals surface area (Å²) >= 11 is 0. The zero-order chi connectivity index (χ0) is 12.8. The molecule has 0 aliphatic heterocycles. The van der Waals surface area contributed by atoms with Crippen LogP contribution in [0.4, 0.5) is 0 Å². The maximum Gasteiger partial charge on any atom is 0.220 e. The van der Waals surface area contributed by atoms with Gasteiger partial charge in [0.2, 0.25) is 5.91 Å². The lowest BCUT2D eigenvalue weighted by atomic mass is 10.2. The van der Waals surface area contributed by atoms with Gasteiger partial charge in [0.1, 0.15) is 0 Å². The number of unbranched alkanes of at least 4 members (excludes halogenated alkanes) is 2. The molecule has 0 unspecified atom stereocenters. The quantitative estimate of drug-likeness (QED) is 0.376. The standard InChI is InChI=1S/C13H27N3O/c1-2-3-4-5-6-7-8-13(17)16-12-11-15-10-9-14/h3-4,15H,2,5-12,14H2,1H3,(H,16,17)/b4-3+. The summed E-state index contributed by atoms with van der Waals surface area (Å²) < 4.78 is 0. The Bertz CT molecular complexity index is 205. The van der Waals surface area contributed by atoms with E-state index in [2.05, 4.69) is 29.7 Å². The molecule has 0 aliphatic rings. The molecule has 0 aromatic carbocycles. The third-order valence-electron chi connectivity index (χ3n) is 2.37. The highest BCUT2D eigenvalue weighted by atomic mass is 16.1. The van der Waals surface area contributed by atoms with Crippen LogP contribution in [0.1, 0.15) is 39.0 Å². The van der Waals surface area contributed by atoms with E-state index in [0.29, 0.717) is 19.5 Å². The molecule has 0 fully saturated rings. The maximum atomic E-state index is 11.4. The summed E-state index contributed by atoms with van der Waals surface area (Å²) in [4.78, 5) is 11.4. The van der Waals surface area contributed by atoms with Gasteiger partial charge in [-0.15, -0.1) is 0 Å². The number of nitrogens with two attached hydrogens (primary N) is 1. The molecule has 1 amide bonds. The van der Waals surface area contributed by atoms with Crippen molar-refractivity contribution in [3.63, 3.8) is 0 Å². The van der Waals surface area contributed by atoms with Crippen LogP contribution in [-0.4, -0.2) is 32.1 Å². The minimum Gasteiger partial charge on any atom is -0.355 e. The molecule has 0 aromatic rings. The van der Waals surface area contributed by atoms with Gasteiger partial charge >= 0.3 is 0 Å². The lowest BCUT2D eigenvalue weighted by molar-refractivity contribution is -0.121. The second kappa shape index (κ2) is 13.2. The first-order valence-electron chi connectivity index (χ1n) is 6.63. The van der Waals surface area contributed by atoms with E-state index in [1.807, 2.05) is 0 Å². The fourth-order valence-corrected chi connectivity index (χ4v) is 1.44. The molecular weight excluding hydrogens is 214 g/mol. The van der Waals surface area contributed by atoms with Crippen molar-refractivity contribution in [3.05, 3.63) is 12.2 Å². The zero-order valence-electron chi connectivity index (χ0n) is 11.0. The van der Waals surface area contributed by atoms with Gasteiger partial charge in [0.25, 0.3) is 0 Å². The molecule has 0 atom stereocenters. The zero-order valence-corrected chi connectivity index (χ0v) is 11.0. The van der Waals surface area contributed by atoms with Crippen molar-refractivity contribution in [2.24, 2.45) is 5.73 Å². The molecule has 100 valence electrons. The topological polar surface area (TPSA) is 67.2 Å². The molecule has 0 rings (SSSR count). The van der Waals surface area contributed by atoms with Gasteiger partial charge in [0, 0.05) is 32.6 Å². The van der Waals surface area contributed by atoms with Crippen LogP contribution in [0.5, 0.6) is 0 Å². The lowest BCUT2D eigenvalue weighted by Gasteiger charge is -2.05. The predicted molar refractivity (Wildman–Crippen MR) is 72.8 cm³/mol. The minimum atomic E-state index is 0.152. The Hall–Kier alpha value is -0.870. The van der Waals surface area contributed by atoms with E-state index in [-0.39, 0.29) is 5.91 Å². The third-order valence-corrected chi connectivity index (χ3v) is 2.37. The highest BCUT2D eigenvalue weighted by molar-refractivity contribution is 5.75. The monoisotopic (exact) mass is 241 g/mol. The summed E-state index contributed by atoms with van der Waals surface area (Å²) in [5.41, 5.74) is 5.33. The van der Waals surface area contributed by atoms with Gasteiger partial charge in [0.15, 0.2) is 0 Å². The number of rotatable bonds is 11. The molecule has 0 heterocycles. The molecule has 4 N–H and O–H groups in total. The van der Waals surface area contributed by atoms with Crippen LogP contribution in [0.15, 0.2) is 12.2 Å². The van der Waals surface area contributed by atoms with Gasteiger partial charge in [-0.25, -0.2) is 0 Å². The van der Waals surface area contributed by atoms with Crippen molar-refractivity contribution in [1.29, 1.82) is 0 Å². The van der Waals surface area contributed by atoms with Crippen LogP contribution in [-0.2, 0) is 4.79 Å². The smallest absolute Gasteiger partial charge is 0.220 e. The number of allylic oxidation sites excluding steroid dienone is 2. The molecule has 0 saturated carbocycles. The first kappa shape index (κ1) is 16.1. The predicted octanol–water partition coefficient (Wildman–Crippen LogP) is 1.18. The SMILES string of the molecule is CC/C=C/CCCCC(=O)NCCNCCN. The average Bonchev–Trinajstić information content (AvgIpc) is 2.33. The largest absolute Gasteiger partial charge is 0.355 e. The van der Waals surface area contributed by atoms with Gasteiger partial charge < -0.3 is 16.4 Å². The first-order chi connectivity index (χ1) is 8.31. The summed E-state index contributed by atoms with van der Waals surface area (Å²) in [6.45, 7) is 5.05. The van der Waals surface area contributed by atoms with Crippen molar-refractivity contribution in [3.8, 4) is 0 Å². The highest BCUT2D eigenvalue weighted by Crippen LogP contribution is 2.00. The number of amides is 1. The summed E-state index contributed by atoms with van der Waals surface area (Å²) in [5.74, 6) is 0.152. The molecule has 4 heteroatoms. The van der Waals surface area contributed by atoms with E-state index < -0.39 is 0 Å². The van der Waals surface area contributed by atoms with Crippen LogP contribution in [0, 0.1) is 0 Å². The van der Waals surface area contributed by atoms with E-state index in [4.69, 9.17) is 5.73 Å². The van der Waals surface area contributed by atoms with Gasteiger partial charge in [0.05, 0.1) is 0 Å². The Labute approximate surface area is 105 Å². The highest BCUT2D eigenvalue weighted by Gasteiger charge is 1.98. The summed E-state index contributed by atoms with van der Waals surface area (Å²) in [5, 5.41) is 6.02. The summed E-state index contributed by atoms with van der Waals surface area (Å²) in [7, 11) is 0. The van der Waals surface area contributed by atoms with Gasteiger partial charge in [-0.1, -0.05) is 19.1 Å². The van der Waals surface area contributed by atoms with Crippen LogP contribution in [0.25, 0.3) is 0 Å². The first-order valence-corrected chi connectivity index (χ1v) is 6.63. The van der Waals surface area contributed by atoms with E-state index in [1.165, 1.54) is 0 Å². The second-order valence-corrected chi connectivity index (χ2v) is 4.01. The molecule has 0 spiro atoms. The molecule has 0 aromatic heterocycles. The number of hydrogen-bond acceptors (Lipinski definition) is 3. The van der Waals surface area contributed by atoms with Crippen molar-refractivity contribution in [2.75, 3.05) is 26.2 Å². The summed E-state index contributed by atoms with van der Waals surface area (Å²) in [6, 6.07) is 0. The molecule has 0 aliphatic carbocycles. The second-order valence-electron chi connectivity index (χ2n) is 4.01. The van der Waals surface area contributed by atoms with E-state index in [9.17, 15) is 4.79 Å². The van der Waals surface area contributed by atoms with E-state index in [0.717, 1.165) is 38.8 Å². The van der Waals surface area contributed by atoms with E-state index >= 15 is 0 Å². The Morgan fingerprint density at radius 3 is 2.71 bits per heavy atom. The fraction of sp³-hybridized carbons (Fsp3) is 0.769. The van der Waals surface area contributed by atoms with Crippen LogP contribution >= 0.6 is 0 Å².